The van der Waals surface area contributed by atoms with Gasteiger partial charge in [-0.3, -0.25) is 4.79 Å². The SMILES string of the molecule is CC(=O)Nc1ccc(Nc2cc(C)nc(-c3csc4ccccc34)n2)cc1. The molecule has 2 N–H and O–H groups in total. The van der Waals surface area contributed by atoms with Gasteiger partial charge >= 0.3 is 0 Å². The molecule has 0 spiro atoms. The molecule has 2 aromatic heterocycles. The van der Waals surface area contributed by atoms with Crippen molar-refractivity contribution in [3.63, 3.8) is 0 Å². The van der Waals surface area contributed by atoms with E-state index in [1.54, 1.807) is 11.3 Å². The Balaban J connectivity index is 1.64. The lowest BCUT2D eigenvalue weighted by Crippen LogP contribution is -2.05. The number of nitrogens with zero attached hydrogens (tertiary/aromatic N) is 2. The van der Waals surface area contributed by atoms with Gasteiger partial charge in [-0.2, -0.15) is 0 Å². The Hall–Kier alpha value is -3.25. The molecule has 0 fully saturated rings. The zero-order valence-corrected chi connectivity index (χ0v) is 15.8. The topological polar surface area (TPSA) is 66.9 Å². The molecule has 0 saturated carbocycles. The van der Waals surface area contributed by atoms with Crippen molar-refractivity contribution in [2.45, 2.75) is 13.8 Å². The third-order valence-corrected chi connectivity index (χ3v) is 5.02. The van der Waals surface area contributed by atoms with Crippen molar-refractivity contribution in [3.8, 4) is 11.4 Å². The van der Waals surface area contributed by atoms with E-state index < -0.39 is 0 Å². The number of aromatic nitrogens is 2. The molecule has 4 aromatic rings. The quantitative estimate of drug-likeness (QED) is 0.504. The zero-order valence-electron chi connectivity index (χ0n) is 15.0. The number of carbonyl (C=O) groups is 1. The standard InChI is InChI=1S/C21H18N4OS/c1-13-11-20(24-16-9-7-15(8-10-16)23-14(2)26)25-21(22-13)18-12-27-19-6-4-3-5-17(18)19/h3-12H,1-2H3,(H,23,26)(H,22,24,25). The maximum atomic E-state index is 11.1. The first-order valence-electron chi connectivity index (χ1n) is 8.55. The molecular formula is C21H18N4OS. The molecule has 0 unspecified atom stereocenters. The van der Waals surface area contributed by atoms with E-state index in [2.05, 4.69) is 33.1 Å². The van der Waals surface area contributed by atoms with Crippen LogP contribution < -0.4 is 10.6 Å². The van der Waals surface area contributed by atoms with Gasteiger partial charge in [0, 0.05) is 51.1 Å². The summed E-state index contributed by atoms with van der Waals surface area (Å²) in [4.78, 5) is 20.5. The Morgan fingerprint density at radius 3 is 2.52 bits per heavy atom. The van der Waals surface area contributed by atoms with Gasteiger partial charge in [-0.1, -0.05) is 18.2 Å². The van der Waals surface area contributed by atoms with Crippen LogP contribution >= 0.6 is 11.3 Å². The minimum absolute atomic E-state index is 0.0882. The third-order valence-electron chi connectivity index (χ3n) is 4.05. The number of rotatable bonds is 4. The molecule has 0 aliphatic carbocycles. The van der Waals surface area contributed by atoms with E-state index in [1.807, 2.05) is 49.4 Å². The number of hydrogen-bond donors (Lipinski definition) is 2. The van der Waals surface area contributed by atoms with Crippen LogP contribution in [-0.4, -0.2) is 15.9 Å². The molecule has 27 heavy (non-hydrogen) atoms. The van der Waals surface area contributed by atoms with Gasteiger partial charge < -0.3 is 10.6 Å². The van der Waals surface area contributed by atoms with Crippen molar-refractivity contribution in [2.75, 3.05) is 10.6 Å². The maximum absolute atomic E-state index is 11.1. The molecular weight excluding hydrogens is 356 g/mol. The van der Waals surface area contributed by atoms with Crippen molar-refractivity contribution < 1.29 is 4.79 Å². The molecule has 0 saturated heterocycles. The van der Waals surface area contributed by atoms with Crippen LogP contribution in [0.1, 0.15) is 12.6 Å². The molecule has 0 radical (unpaired) electrons. The largest absolute Gasteiger partial charge is 0.340 e. The van der Waals surface area contributed by atoms with Crippen molar-refractivity contribution in [3.05, 3.63) is 65.7 Å². The van der Waals surface area contributed by atoms with Crippen molar-refractivity contribution in [2.24, 2.45) is 0 Å². The van der Waals surface area contributed by atoms with Crippen LogP contribution in [0.5, 0.6) is 0 Å². The highest BCUT2D eigenvalue weighted by Crippen LogP contribution is 2.32. The molecule has 0 bridgehead atoms. The number of amides is 1. The second-order valence-electron chi connectivity index (χ2n) is 6.25. The second kappa shape index (κ2) is 7.17. The lowest BCUT2D eigenvalue weighted by Gasteiger charge is -2.09. The second-order valence-corrected chi connectivity index (χ2v) is 7.16. The van der Waals surface area contributed by atoms with Gasteiger partial charge in [0.2, 0.25) is 5.91 Å². The highest BCUT2D eigenvalue weighted by molar-refractivity contribution is 7.17. The van der Waals surface area contributed by atoms with Gasteiger partial charge in [0.25, 0.3) is 0 Å². The molecule has 2 aromatic carbocycles. The number of aryl methyl sites for hydroxylation is 1. The fraction of sp³-hybridized carbons (Fsp3) is 0.0952. The monoisotopic (exact) mass is 374 g/mol. The van der Waals surface area contributed by atoms with Gasteiger partial charge in [-0.25, -0.2) is 9.97 Å². The summed E-state index contributed by atoms with van der Waals surface area (Å²) in [5.41, 5.74) is 3.59. The van der Waals surface area contributed by atoms with Crippen molar-refractivity contribution in [1.82, 2.24) is 9.97 Å². The Morgan fingerprint density at radius 2 is 1.74 bits per heavy atom. The number of anilines is 3. The van der Waals surface area contributed by atoms with E-state index >= 15 is 0 Å². The third kappa shape index (κ3) is 3.80. The molecule has 0 aliphatic heterocycles. The molecule has 0 atom stereocenters. The lowest BCUT2D eigenvalue weighted by molar-refractivity contribution is -0.114. The first-order chi connectivity index (χ1) is 13.1. The number of nitrogens with one attached hydrogen (secondary N) is 2. The van der Waals surface area contributed by atoms with Crippen LogP contribution in [0.25, 0.3) is 21.5 Å². The number of thiophene rings is 1. The maximum Gasteiger partial charge on any atom is 0.221 e. The van der Waals surface area contributed by atoms with Crippen LogP contribution in [0.15, 0.2) is 60.0 Å². The van der Waals surface area contributed by atoms with E-state index in [1.165, 1.54) is 17.0 Å². The number of fused-ring (bicyclic) bond motifs is 1. The van der Waals surface area contributed by atoms with E-state index in [4.69, 9.17) is 4.98 Å². The smallest absolute Gasteiger partial charge is 0.221 e. The summed E-state index contributed by atoms with van der Waals surface area (Å²) >= 11 is 1.70. The molecule has 4 rings (SSSR count). The molecule has 2 heterocycles. The first kappa shape index (κ1) is 17.2. The van der Waals surface area contributed by atoms with Crippen LogP contribution in [0.2, 0.25) is 0 Å². The van der Waals surface area contributed by atoms with Crippen LogP contribution in [0.3, 0.4) is 0 Å². The first-order valence-corrected chi connectivity index (χ1v) is 9.43. The Kier molecular flexibility index (Phi) is 4.56. The Morgan fingerprint density at radius 1 is 1.00 bits per heavy atom. The predicted molar refractivity (Wildman–Crippen MR) is 112 cm³/mol. The highest BCUT2D eigenvalue weighted by atomic mass is 32.1. The molecule has 1 amide bonds. The molecule has 0 aliphatic rings. The van der Waals surface area contributed by atoms with Crippen molar-refractivity contribution in [1.29, 1.82) is 0 Å². The van der Waals surface area contributed by atoms with Gasteiger partial charge in [-0.15, -0.1) is 11.3 Å². The summed E-state index contributed by atoms with van der Waals surface area (Å²) in [6.07, 6.45) is 0. The van der Waals surface area contributed by atoms with Crippen LogP contribution in [0.4, 0.5) is 17.2 Å². The van der Waals surface area contributed by atoms with E-state index in [-0.39, 0.29) is 5.91 Å². The van der Waals surface area contributed by atoms with Gasteiger partial charge in [0.15, 0.2) is 5.82 Å². The summed E-state index contributed by atoms with van der Waals surface area (Å²) in [6, 6.07) is 17.7. The molecule has 5 nitrogen and oxygen atoms in total. The van der Waals surface area contributed by atoms with E-state index in [0.717, 1.165) is 28.5 Å². The molecule has 134 valence electrons. The fourth-order valence-corrected chi connectivity index (χ4v) is 3.83. The summed E-state index contributed by atoms with van der Waals surface area (Å²) in [5.74, 6) is 1.36. The average molecular weight is 374 g/mol. The Bertz CT molecular complexity index is 1120. The highest BCUT2D eigenvalue weighted by Gasteiger charge is 2.11. The summed E-state index contributed by atoms with van der Waals surface area (Å²) in [6.45, 7) is 3.45. The predicted octanol–water partition coefficient (Wildman–Crippen LogP) is 5.37. The summed E-state index contributed by atoms with van der Waals surface area (Å²) < 4.78 is 1.22. The average Bonchev–Trinajstić information content (AvgIpc) is 3.07. The minimum Gasteiger partial charge on any atom is -0.340 e. The number of carbonyl (C=O) groups excluding carboxylic acids is 1. The normalized spacial score (nSPS) is 10.7. The van der Waals surface area contributed by atoms with Crippen LogP contribution in [0, 0.1) is 6.92 Å². The zero-order chi connectivity index (χ0) is 18.8. The summed E-state index contributed by atoms with van der Waals surface area (Å²) in [5, 5.41) is 9.34. The minimum atomic E-state index is -0.0882. The fourth-order valence-electron chi connectivity index (χ4n) is 2.89. The number of hydrogen-bond acceptors (Lipinski definition) is 5. The van der Waals surface area contributed by atoms with E-state index in [0.29, 0.717) is 5.82 Å². The van der Waals surface area contributed by atoms with Crippen LogP contribution in [-0.2, 0) is 4.79 Å². The molecule has 6 heteroatoms. The lowest BCUT2D eigenvalue weighted by atomic mass is 10.1. The number of benzene rings is 2. The van der Waals surface area contributed by atoms with Gasteiger partial charge in [-0.05, 0) is 37.3 Å². The van der Waals surface area contributed by atoms with E-state index in [9.17, 15) is 4.79 Å². The van der Waals surface area contributed by atoms with Gasteiger partial charge in [0.1, 0.15) is 5.82 Å². The van der Waals surface area contributed by atoms with Gasteiger partial charge in [0.05, 0.1) is 0 Å². The Labute approximate surface area is 161 Å². The van der Waals surface area contributed by atoms with Crippen molar-refractivity contribution >= 4 is 44.5 Å². The summed E-state index contributed by atoms with van der Waals surface area (Å²) in [7, 11) is 0.